The summed E-state index contributed by atoms with van der Waals surface area (Å²) < 4.78 is 26.6. The predicted octanol–water partition coefficient (Wildman–Crippen LogP) is 1.36. The zero-order valence-electron chi connectivity index (χ0n) is 13.1. The van der Waals surface area contributed by atoms with Crippen molar-refractivity contribution in [3.8, 4) is 0 Å². The van der Waals surface area contributed by atoms with Crippen LogP contribution in [0.15, 0.2) is 11.1 Å². The van der Waals surface area contributed by atoms with Crippen LogP contribution in [0.1, 0.15) is 32.4 Å². The highest BCUT2D eigenvalue weighted by atomic mass is 32.2. The molecule has 120 valence electrons. The molecule has 0 unspecified atom stereocenters. The first-order valence-corrected chi connectivity index (χ1v) is 9.06. The van der Waals surface area contributed by atoms with Crippen LogP contribution >= 0.6 is 0 Å². The average Bonchev–Trinajstić information content (AvgIpc) is 2.86. The molecule has 1 aliphatic heterocycles. The molecular formula is C14H26N4O2S. The van der Waals surface area contributed by atoms with Crippen LogP contribution < -0.4 is 5.32 Å². The number of aromatic nitrogens is 2. The second-order valence-corrected chi connectivity index (χ2v) is 8.17. The Labute approximate surface area is 127 Å². The highest BCUT2D eigenvalue weighted by molar-refractivity contribution is 7.89. The molecule has 0 aliphatic carbocycles. The van der Waals surface area contributed by atoms with Crippen molar-refractivity contribution >= 4 is 10.0 Å². The summed E-state index contributed by atoms with van der Waals surface area (Å²) in [6.07, 6.45) is 3.24. The molecule has 1 aromatic rings. The zero-order valence-corrected chi connectivity index (χ0v) is 13.9. The summed E-state index contributed by atoms with van der Waals surface area (Å²) in [4.78, 5) is 0.305. The quantitative estimate of drug-likeness (QED) is 0.831. The number of hydrogen-bond donors (Lipinski definition) is 2. The van der Waals surface area contributed by atoms with E-state index in [4.69, 9.17) is 0 Å². The molecule has 2 rings (SSSR count). The van der Waals surface area contributed by atoms with Crippen LogP contribution in [-0.4, -0.2) is 49.1 Å². The van der Waals surface area contributed by atoms with Gasteiger partial charge in [0.15, 0.2) is 0 Å². The van der Waals surface area contributed by atoms with Gasteiger partial charge in [-0.1, -0.05) is 13.8 Å². The van der Waals surface area contributed by atoms with Crippen LogP contribution in [-0.2, 0) is 10.0 Å². The molecule has 7 heteroatoms. The molecule has 2 N–H and O–H groups in total. The lowest BCUT2D eigenvalue weighted by molar-refractivity contribution is 0.265. The molecule has 1 aliphatic rings. The average molecular weight is 314 g/mol. The van der Waals surface area contributed by atoms with Crippen molar-refractivity contribution in [1.29, 1.82) is 0 Å². The molecule has 6 nitrogen and oxygen atoms in total. The third kappa shape index (κ3) is 4.05. The van der Waals surface area contributed by atoms with Crippen LogP contribution in [0.25, 0.3) is 0 Å². The number of sulfonamides is 1. The van der Waals surface area contributed by atoms with Gasteiger partial charge in [-0.05, 0) is 44.7 Å². The molecule has 0 amide bonds. The summed E-state index contributed by atoms with van der Waals surface area (Å²) in [5.74, 6) is 1.22. The van der Waals surface area contributed by atoms with Gasteiger partial charge in [0.05, 0.1) is 11.9 Å². The van der Waals surface area contributed by atoms with Gasteiger partial charge in [0.25, 0.3) is 0 Å². The van der Waals surface area contributed by atoms with Crippen molar-refractivity contribution in [2.45, 2.75) is 38.5 Å². The zero-order chi connectivity index (χ0) is 15.5. The fourth-order valence-electron chi connectivity index (χ4n) is 2.67. The van der Waals surface area contributed by atoms with E-state index in [2.05, 4.69) is 29.4 Å². The number of aromatic amines is 1. The Bertz CT molecular complexity index is 545. The van der Waals surface area contributed by atoms with Gasteiger partial charge in [0, 0.05) is 13.1 Å². The van der Waals surface area contributed by atoms with Gasteiger partial charge in [-0.15, -0.1) is 0 Å². The van der Waals surface area contributed by atoms with E-state index in [9.17, 15) is 8.42 Å². The van der Waals surface area contributed by atoms with Gasteiger partial charge in [-0.3, -0.25) is 5.10 Å². The van der Waals surface area contributed by atoms with Gasteiger partial charge in [0.2, 0.25) is 10.0 Å². The van der Waals surface area contributed by atoms with E-state index in [0.29, 0.717) is 35.5 Å². The van der Waals surface area contributed by atoms with Crippen LogP contribution in [0.5, 0.6) is 0 Å². The maximum absolute atomic E-state index is 12.5. The summed E-state index contributed by atoms with van der Waals surface area (Å²) in [6, 6.07) is 0. The smallest absolute Gasteiger partial charge is 0.246 e. The van der Waals surface area contributed by atoms with Crippen LogP contribution in [0.3, 0.4) is 0 Å². The van der Waals surface area contributed by atoms with E-state index in [1.807, 2.05) is 0 Å². The van der Waals surface area contributed by atoms with E-state index in [1.54, 1.807) is 11.2 Å². The highest BCUT2D eigenvalue weighted by Gasteiger charge is 2.31. The number of rotatable bonds is 6. The Morgan fingerprint density at radius 1 is 1.43 bits per heavy atom. The molecule has 2 heterocycles. The minimum atomic E-state index is -3.39. The van der Waals surface area contributed by atoms with Crippen LogP contribution in [0.4, 0.5) is 0 Å². The number of H-pyrrole nitrogens is 1. The molecular weight excluding hydrogens is 288 g/mol. The summed E-state index contributed by atoms with van der Waals surface area (Å²) in [7, 11) is -3.39. The van der Waals surface area contributed by atoms with Crippen LogP contribution in [0, 0.1) is 18.8 Å². The third-order valence-electron chi connectivity index (χ3n) is 3.96. The Balaban J connectivity index is 1.88. The highest BCUT2D eigenvalue weighted by Crippen LogP contribution is 2.24. The first-order valence-electron chi connectivity index (χ1n) is 7.62. The Morgan fingerprint density at radius 2 is 2.10 bits per heavy atom. The van der Waals surface area contributed by atoms with Gasteiger partial charge < -0.3 is 5.32 Å². The molecule has 0 atom stereocenters. The van der Waals surface area contributed by atoms with E-state index in [1.165, 1.54) is 6.20 Å². The minimum Gasteiger partial charge on any atom is -0.316 e. The van der Waals surface area contributed by atoms with Gasteiger partial charge in [-0.2, -0.15) is 9.40 Å². The van der Waals surface area contributed by atoms with E-state index in [0.717, 1.165) is 25.9 Å². The number of nitrogens with zero attached hydrogens (tertiary/aromatic N) is 2. The van der Waals surface area contributed by atoms with Gasteiger partial charge in [-0.25, -0.2) is 8.42 Å². The summed E-state index contributed by atoms with van der Waals surface area (Å²) in [5.41, 5.74) is 0.607. The van der Waals surface area contributed by atoms with Crippen molar-refractivity contribution in [1.82, 2.24) is 19.8 Å². The predicted molar refractivity (Wildman–Crippen MR) is 82.5 cm³/mol. The van der Waals surface area contributed by atoms with Crippen molar-refractivity contribution in [2.24, 2.45) is 11.8 Å². The molecule has 0 spiro atoms. The number of aryl methyl sites for hydroxylation is 1. The Kier molecular flexibility index (Phi) is 5.40. The summed E-state index contributed by atoms with van der Waals surface area (Å²) in [5, 5.41) is 9.97. The molecule has 1 saturated heterocycles. The van der Waals surface area contributed by atoms with Crippen molar-refractivity contribution < 1.29 is 8.42 Å². The lowest BCUT2D eigenvalue weighted by Crippen LogP contribution is -2.41. The van der Waals surface area contributed by atoms with Crippen molar-refractivity contribution in [3.63, 3.8) is 0 Å². The lowest BCUT2D eigenvalue weighted by Gasteiger charge is -2.31. The minimum absolute atomic E-state index is 0.305. The van der Waals surface area contributed by atoms with E-state index in [-0.39, 0.29) is 0 Å². The normalized spacial score (nSPS) is 18.5. The molecule has 1 aromatic heterocycles. The number of piperidine rings is 1. The first-order chi connectivity index (χ1) is 9.91. The van der Waals surface area contributed by atoms with Crippen LogP contribution in [0.2, 0.25) is 0 Å². The molecule has 1 fully saturated rings. The summed E-state index contributed by atoms with van der Waals surface area (Å²) in [6.45, 7) is 9.32. The number of nitrogens with one attached hydrogen (secondary N) is 2. The molecule has 0 saturated carbocycles. The molecule has 21 heavy (non-hydrogen) atoms. The maximum atomic E-state index is 12.5. The lowest BCUT2D eigenvalue weighted by atomic mass is 9.98. The summed E-state index contributed by atoms with van der Waals surface area (Å²) >= 11 is 0. The Morgan fingerprint density at radius 3 is 2.62 bits per heavy atom. The fraction of sp³-hybridized carbons (Fsp3) is 0.786. The third-order valence-corrected chi connectivity index (χ3v) is 5.97. The van der Waals surface area contributed by atoms with E-state index < -0.39 is 10.0 Å². The maximum Gasteiger partial charge on any atom is 0.246 e. The van der Waals surface area contributed by atoms with Crippen molar-refractivity contribution in [2.75, 3.05) is 26.2 Å². The topological polar surface area (TPSA) is 78.1 Å². The SMILES string of the molecule is Cc1[nH]ncc1S(=O)(=O)N1CCC(CNCC(C)C)CC1. The standard InChI is InChI=1S/C14H26N4O2S/c1-11(2)8-15-9-13-4-6-18(7-5-13)21(19,20)14-10-16-17-12(14)3/h10-11,13,15H,4-9H2,1-3H3,(H,16,17). The molecule has 0 bridgehead atoms. The molecule has 0 radical (unpaired) electrons. The first kappa shape index (κ1) is 16.5. The van der Waals surface area contributed by atoms with Gasteiger partial charge >= 0.3 is 0 Å². The van der Waals surface area contributed by atoms with Crippen molar-refractivity contribution in [3.05, 3.63) is 11.9 Å². The monoisotopic (exact) mass is 314 g/mol. The Hall–Kier alpha value is -0.920. The second kappa shape index (κ2) is 6.89. The fourth-order valence-corrected chi connectivity index (χ4v) is 4.26. The largest absolute Gasteiger partial charge is 0.316 e. The second-order valence-electron chi connectivity index (χ2n) is 6.26. The van der Waals surface area contributed by atoms with Gasteiger partial charge in [0.1, 0.15) is 4.90 Å². The number of hydrogen-bond acceptors (Lipinski definition) is 4. The molecule has 0 aromatic carbocycles. The van der Waals surface area contributed by atoms with E-state index >= 15 is 0 Å².